The van der Waals surface area contributed by atoms with E-state index >= 15 is 0 Å². The molecule has 10 heteroatoms. The second-order valence-electron chi connectivity index (χ2n) is 7.61. The molecule has 0 radical (unpaired) electrons. The number of nitrogens with one attached hydrogen (secondary N) is 1. The van der Waals surface area contributed by atoms with Gasteiger partial charge in [-0.25, -0.2) is 8.42 Å². The molecule has 1 N–H and O–H groups in total. The second-order valence-corrected chi connectivity index (χ2v) is 10.8. The fraction of sp³-hybridized carbons (Fsp3) is 0.632. The third-order valence-electron chi connectivity index (χ3n) is 5.02. The van der Waals surface area contributed by atoms with E-state index in [2.05, 4.69) is 15.5 Å². The summed E-state index contributed by atoms with van der Waals surface area (Å²) in [7, 11) is -3.63. The van der Waals surface area contributed by atoms with Crippen molar-refractivity contribution in [3.05, 3.63) is 16.8 Å². The lowest BCUT2D eigenvalue weighted by Gasteiger charge is -2.30. The second kappa shape index (κ2) is 8.93. The highest BCUT2D eigenvalue weighted by Gasteiger charge is 2.34. The molecule has 1 fully saturated rings. The average Bonchev–Trinajstić information content (AvgIpc) is 3.33. The maximum Gasteiger partial charge on any atom is 0.244 e. The quantitative estimate of drug-likeness (QED) is 0.709. The van der Waals surface area contributed by atoms with Crippen LogP contribution < -0.4 is 5.32 Å². The molecular weight excluding hydrogens is 412 g/mol. The third-order valence-corrected chi connectivity index (χ3v) is 8.22. The van der Waals surface area contributed by atoms with Crippen molar-refractivity contribution >= 4 is 27.3 Å². The van der Waals surface area contributed by atoms with E-state index in [0.717, 1.165) is 6.42 Å². The molecule has 0 spiro atoms. The van der Waals surface area contributed by atoms with E-state index in [0.29, 0.717) is 53.9 Å². The number of thiophene rings is 1. The van der Waals surface area contributed by atoms with Crippen LogP contribution in [0.2, 0.25) is 0 Å². The normalized spacial score (nSPS) is 16.4. The van der Waals surface area contributed by atoms with E-state index < -0.39 is 10.0 Å². The maximum absolute atomic E-state index is 13.2. The smallest absolute Gasteiger partial charge is 0.244 e. The molecule has 8 nitrogen and oxygen atoms in total. The summed E-state index contributed by atoms with van der Waals surface area (Å²) in [5.41, 5.74) is 0. The fourth-order valence-corrected chi connectivity index (χ4v) is 6.25. The standard InChI is InChI=1S/C19H28N4O4S2/c1-5-8-20-18(24)14-6-9-23(10-7-14)29(25,26)16-11-15(28-13(16)4)17-21-19(12(2)3)27-22-17/h11-12,14H,5-10H2,1-4H3,(H,20,24). The number of amides is 1. The minimum atomic E-state index is -3.63. The van der Waals surface area contributed by atoms with E-state index in [4.69, 9.17) is 4.52 Å². The van der Waals surface area contributed by atoms with Crippen molar-refractivity contribution in [1.29, 1.82) is 0 Å². The fourth-order valence-electron chi connectivity index (χ4n) is 3.29. The topological polar surface area (TPSA) is 105 Å². The van der Waals surface area contributed by atoms with Gasteiger partial charge in [0.2, 0.25) is 27.6 Å². The minimum absolute atomic E-state index is 0.0240. The number of sulfonamides is 1. The number of hydrogen-bond acceptors (Lipinski definition) is 7. The van der Waals surface area contributed by atoms with Crippen molar-refractivity contribution in [2.24, 2.45) is 5.92 Å². The highest BCUT2D eigenvalue weighted by molar-refractivity contribution is 7.89. The number of aromatic nitrogens is 2. The number of nitrogens with zero attached hydrogens (tertiary/aromatic N) is 3. The Bertz CT molecular complexity index is 957. The number of piperidine rings is 1. The first-order valence-electron chi connectivity index (χ1n) is 9.96. The molecule has 1 saturated heterocycles. The molecule has 3 rings (SSSR count). The van der Waals surface area contributed by atoms with Gasteiger partial charge < -0.3 is 9.84 Å². The number of hydrogen-bond donors (Lipinski definition) is 1. The van der Waals surface area contributed by atoms with Crippen molar-refractivity contribution in [1.82, 2.24) is 19.8 Å². The van der Waals surface area contributed by atoms with Crippen LogP contribution in [0.15, 0.2) is 15.5 Å². The molecule has 29 heavy (non-hydrogen) atoms. The first-order valence-corrected chi connectivity index (χ1v) is 12.2. The molecule has 0 aliphatic carbocycles. The van der Waals surface area contributed by atoms with Gasteiger partial charge >= 0.3 is 0 Å². The Labute approximate surface area is 175 Å². The summed E-state index contributed by atoms with van der Waals surface area (Å²) in [5, 5.41) is 6.88. The van der Waals surface area contributed by atoms with Gasteiger partial charge in [0, 0.05) is 36.3 Å². The molecule has 0 saturated carbocycles. The average molecular weight is 441 g/mol. The molecule has 2 aromatic heterocycles. The number of aryl methyl sites for hydroxylation is 1. The molecule has 3 heterocycles. The van der Waals surface area contributed by atoms with Crippen LogP contribution in [-0.2, 0) is 14.8 Å². The van der Waals surface area contributed by atoms with Crippen molar-refractivity contribution in [3.63, 3.8) is 0 Å². The predicted molar refractivity (Wildman–Crippen MR) is 111 cm³/mol. The Morgan fingerprint density at radius 3 is 2.66 bits per heavy atom. The van der Waals surface area contributed by atoms with Crippen LogP contribution in [0.5, 0.6) is 0 Å². The number of carbonyl (C=O) groups is 1. The Morgan fingerprint density at radius 1 is 1.38 bits per heavy atom. The highest BCUT2D eigenvalue weighted by atomic mass is 32.2. The van der Waals surface area contributed by atoms with Gasteiger partial charge in [0.1, 0.15) is 0 Å². The van der Waals surface area contributed by atoms with Gasteiger partial charge in [0.15, 0.2) is 0 Å². The van der Waals surface area contributed by atoms with Gasteiger partial charge in [-0.3, -0.25) is 4.79 Å². The summed E-state index contributed by atoms with van der Waals surface area (Å²) >= 11 is 1.34. The Hall–Kier alpha value is -1.78. The summed E-state index contributed by atoms with van der Waals surface area (Å²) in [5.74, 6) is 0.946. The zero-order valence-corrected chi connectivity index (χ0v) is 18.9. The summed E-state index contributed by atoms with van der Waals surface area (Å²) in [6.45, 7) is 9.05. The van der Waals surface area contributed by atoms with Gasteiger partial charge in [0.05, 0.1) is 9.77 Å². The summed E-state index contributed by atoms with van der Waals surface area (Å²) in [6.07, 6.45) is 1.96. The molecule has 0 atom stereocenters. The molecule has 1 aliphatic heterocycles. The van der Waals surface area contributed by atoms with Crippen LogP contribution in [-0.4, -0.2) is 48.4 Å². The van der Waals surface area contributed by atoms with Crippen molar-refractivity contribution in [2.75, 3.05) is 19.6 Å². The summed E-state index contributed by atoms with van der Waals surface area (Å²) in [4.78, 5) is 18.2. The molecule has 1 amide bonds. The van der Waals surface area contributed by atoms with E-state index in [-0.39, 0.29) is 22.6 Å². The van der Waals surface area contributed by atoms with Gasteiger partial charge in [0.25, 0.3) is 0 Å². The molecule has 1 aliphatic rings. The summed E-state index contributed by atoms with van der Waals surface area (Å²) in [6, 6.07) is 1.63. The molecule has 0 unspecified atom stereocenters. The predicted octanol–water partition coefficient (Wildman–Crippen LogP) is 3.16. The van der Waals surface area contributed by atoms with E-state index in [9.17, 15) is 13.2 Å². The van der Waals surface area contributed by atoms with Gasteiger partial charge in [-0.15, -0.1) is 11.3 Å². The molecule has 2 aromatic rings. The lowest BCUT2D eigenvalue weighted by molar-refractivity contribution is -0.126. The van der Waals surface area contributed by atoms with Gasteiger partial charge in [-0.05, 0) is 32.3 Å². The van der Waals surface area contributed by atoms with Crippen LogP contribution in [0.3, 0.4) is 0 Å². The third kappa shape index (κ3) is 4.70. The summed E-state index contributed by atoms with van der Waals surface area (Å²) < 4.78 is 33.1. The Morgan fingerprint density at radius 2 is 2.07 bits per heavy atom. The monoisotopic (exact) mass is 440 g/mol. The van der Waals surface area contributed by atoms with Crippen molar-refractivity contribution in [3.8, 4) is 10.7 Å². The largest absolute Gasteiger partial charge is 0.356 e. The van der Waals surface area contributed by atoms with Crippen molar-refractivity contribution < 1.29 is 17.7 Å². The van der Waals surface area contributed by atoms with Crippen LogP contribution in [0.1, 0.15) is 56.7 Å². The zero-order valence-electron chi connectivity index (χ0n) is 17.3. The number of rotatable bonds is 7. The molecular formula is C19H28N4O4S2. The first kappa shape index (κ1) is 21.9. The molecule has 0 aromatic carbocycles. The number of carbonyl (C=O) groups excluding carboxylic acids is 1. The van der Waals surface area contributed by atoms with E-state index in [1.54, 1.807) is 13.0 Å². The maximum atomic E-state index is 13.2. The van der Waals surface area contributed by atoms with Gasteiger partial charge in [-0.2, -0.15) is 9.29 Å². The van der Waals surface area contributed by atoms with Crippen LogP contribution in [0.4, 0.5) is 0 Å². The van der Waals surface area contributed by atoms with Crippen molar-refractivity contribution in [2.45, 2.75) is 57.8 Å². The lowest BCUT2D eigenvalue weighted by Crippen LogP contribution is -2.43. The van der Waals surface area contributed by atoms with Crippen LogP contribution in [0.25, 0.3) is 10.7 Å². The SMILES string of the molecule is CCCNC(=O)C1CCN(S(=O)(=O)c2cc(-c3noc(C(C)C)n3)sc2C)CC1. The first-order chi connectivity index (χ1) is 13.7. The Balaban J connectivity index is 1.73. The molecule has 160 valence electrons. The van der Waals surface area contributed by atoms with E-state index in [1.165, 1.54) is 15.6 Å². The van der Waals surface area contributed by atoms with Gasteiger partial charge in [-0.1, -0.05) is 25.9 Å². The highest BCUT2D eigenvalue weighted by Crippen LogP contribution is 2.35. The van der Waals surface area contributed by atoms with Crippen LogP contribution >= 0.6 is 11.3 Å². The van der Waals surface area contributed by atoms with E-state index in [1.807, 2.05) is 20.8 Å². The zero-order chi connectivity index (χ0) is 21.2. The Kier molecular flexibility index (Phi) is 6.75. The molecule has 0 bridgehead atoms. The minimum Gasteiger partial charge on any atom is -0.356 e. The van der Waals surface area contributed by atoms with Crippen LogP contribution in [0, 0.1) is 12.8 Å². The lowest BCUT2D eigenvalue weighted by atomic mass is 9.97.